The van der Waals surface area contributed by atoms with E-state index in [4.69, 9.17) is 19.6 Å². The smallest absolute Gasteiger partial charge is 0.267 e. The Morgan fingerprint density at radius 2 is 2.13 bits per heavy atom. The number of aryl methyl sites for hydroxylation is 1. The zero-order chi connectivity index (χ0) is 16.0. The molecule has 1 saturated heterocycles. The highest BCUT2D eigenvalue weighted by molar-refractivity contribution is 7.12. The monoisotopic (exact) mass is 334 g/mol. The van der Waals surface area contributed by atoms with Gasteiger partial charge in [0.05, 0.1) is 5.92 Å². The summed E-state index contributed by atoms with van der Waals surface area (Å²) >= 11 is 1.36. The number of nitrogens with two attached hydrogens (primary N) is 1. The first kappa shape index (κ1) is 14.6. The summed E-state index contributed by atoms with van der Waals surface area (Å²) in [5.74, 6) is 2.90. The Morgan fingerprint density at radius 1 is 1.30 bits per heavy atom. The zero-order valence-corrected chi connectivity index (χ0v) is 13.6. The molecule has 0 bridgehead atoms. The van der Waals surface area contributed by atoms with Gasteiger partial charge in [0, 0.05) is 24.5 Å². The number of carbonyl (C=O) groups is 1. The van der Waals surface area contributed by atoms with Crippen LogP contribution in [0.5, 0.6) is 11.5 Å². The molecule has 7 heteroatoms. The molecule has 122 valence electrons. The summed E-state index contributed by atoms with van der Waals surface area (Å²) in [6.07, 6.45) is 0. The van der Waals surface area contributed by atoms with E-state index in [9.17, 15) is 4.79 Å². The molecule has 0 aliphatic carbocycles. The molecule has 2 N–H and O–H groups in total. The van der Waals surface area contributed by atoms with E-state index in [1.54, 1.807) is 4.90 Å². The maximum absolute atomic E-state index is 12.8. The molecular formula is C16H18N2O4S. The fraction of sp³-hybridized carbons (Fsp3) is 0.438. The van der Waals surface area contributed by atoms with Gasteiger partial charge in [-0.15, -0.1) is 11.3 Å². The van der Waals surface area contributed by atoms with Crippen LogP contribution in [0.25, 0.3) is 0 Å². The number of hydrogen-bond donors (Lipinski definition) is 1. The summed E-state index contributed by atoms with van der Waals surface area (Å²) in [4.78, 5) is 15.2. The second-order valence-corrected chi connectivity index (χ2v) is 6.76. The van der Waals surface area contributed by atoms with Gasteiger partial charge in [0.2, 0.25) is 0 Å². The van der Waals surface area contributed by atoms with Crippen LogP contribution in [0.2, 0.25) is 0 Å². The fourth-order valence-corrected chi connectivity index (χ4v) is 4.00. The predicted octanol–water partition coefficient (Wildman–Crippen LogP) is 1.99. The zero-order valence-electron chi connectivity index (χ0n) is 12.8. The molecule has 0 spiro atoms. The van der Waals surface area contributed by atoms with Crippen molar-refractivity contribution in [2.24, 2.45) is 5.73 Å². The number of rotatable bonds is 2. The lowest BCUT2D eigenvalue weighted by Crippen LogP contribution is -2.32. The summed E-state index contributed by atoms with van der Waals surface area (Å²) in [7, 11) is 0. The fourth-order valence-electron chi connectivity index (χ4n) is 3.10. The van der Waals surface area contributed by atoms with E-state index >= 15 is 0 Å². The van der Waals surface area contributed by atoms with Gasteiger partial charge in [-0.25, -0.2) is 0 Å². The first-order valence-electron chi connectivity index (χ1n) is 7.62. The van der Waals surface area contributed by atoms with Crippen LogP contribution in [0.3, 0.4) is 0 Å². The minimum atomic E-state index is -0.127. The van der Waals surface area contributed by atoms with Gasteiger partial charge in [0.15, 0.2) is 11.5 Å². The van der Waals surface area contributed by atoms with Crippen LogP contribution in [0.15, 0.2) is 21.9 Å². The molecule has 1 fully saturated rings. The van der Waals surface area contributed by atoms with E-state index in [0.717, 1.165) is 11.5 Å². The van der Waals surface area contributed by atoms with Crippen molar-refractivity contribution in [3.8, 4) is 11.5 Å². The molecule has 4 heterocycles. The quantitative estimate of drug-likeness (QED) is 0.909. The molecule has 2 aliphatic heterocycles. The first-order valence-corrected chi connectivity index (χ1v) is 8.49. The van der Waals surface area contributed by atoms with Crippen LogP contribution in [0.4, 0.5) is 0 Å². The third-order valence-electron chi connectivity index (χ3n) is 4.27. The largest absolute Gasteiger partial charge is 0.485 e. The standard InChI is InChI=1S/C16H18N2O4S/c1-9-2-3-12(22-9)10-6-18(7-11(10)17)16(19)15-14-13(8-23-15)20-4-5-21-14/h2-3,8,10-11H,4-7,17H2,1H3/t10-,11-/m0/s1. The van der Waals surface area contributed by atoms with E-state index in [2.05, 4.69) is 0 Å². The van der Waals surface area contributed by atoms with Crippen LogP contribution in [-0.2, 0) is 0 Å². The minimum Gasteiger partial charge on any atom is -0.485 e. The van der Waals surface area contributed by atoms with Gasteiger partial charge in [-0.05, 0) is 19.1 Å². The topological polar surface area (TPSA) is 77.9 Å². The molecule has 0 aromatic carbocycles. The van der Waals surface area contributed by atoms with Gasteiger partial charge in [0.1, 0.15) is 29.6 Å². The molecule has 1 amide bonds. The Labute approximate surface area is 137 Å². The lowest BCUT2D eigenvalue weighted by molar-refractivity contribution is 0.0784. The Bertz CT molecular complexity index is 738. The molecule has 2 atom stereocenters. The Balaban J connectivity index is 1.55. The molecule has 0 radical (unpaired) electrons. The number of fused-ring (bicyclic) bond motifs is 1. The summed E-state index contributed by atoms with van der Waals surface area (Å²) in [5, 5.41) is 1.82. The molecule has 4 rings (SSSR count). The number of hydrogen-bond acceptors (Lipinski definition) is 6. The van der Waals surface area contributed by atoms with Gasteiger partial charge in [-0.2, -0.15) is 0 Å². The van der Waals surface area contributed by atoms with Crippen molar-refractivity contribution in [1.29, 1.82) is 0 Å². The van der Waals surface area contributed by atoms with Crippen molar-refractivity contribution in [2.75, 3.05) is 26.3 Å². The molecule has 0 saturated carbocycles. The highest BCUT2D eigenvalue weighted by Gasteiger charge is 2.38. The number of carbonyl (C=O) groups excluding carboxylic acids is 1. The normalized spacial score (nSPS) is 23.3. The summed E-state index contributed by atoms with van der Waals surface area (Å²) in [5.41, 5.74) is 6.23. The highest BCUT2D eigenvalue weighted by Crippen LogP contribution is 2.41. The molecular weight excluding hydrogens is 316 g/mol. The van der Waals surface area contributed by atoms with Crippen LogP contribution >= 0.6 is 11.3 Å². The molecule has 0 unspecified atom stereocenters. The summed E-state index contributed by atoms with van der Waals surface area (Å²) in [6, 6.07) is 3.74. The highest BCUT2D eigenvalue weighted by atomic mass is 32.1. The minimum absolute atomic E-state index is 0.0283. The lowest BCUT2D eigenvalue weighted by atomic mass is 10.0. The van der Waals surface area contributed by atoms with Crippen molar-refractivity contribution in [2.45, 2.75) is 18.9 Å². The number of likely N-dealkylation sites (tertiary alicyclic amines) is 1. The van der Waals surface area contributed by atoms with Gasteiger partial charge >= 0.3 is 0 Å². The number of nitrogens with zero attached hydrogens (tertiary/aromatic N) is 1. The first-order chi connectivity index (χ1) is 11.1. The van der Waals surface area contributed by atoms with Gasteiger partial charge in [0.25, 0.3) is 5.91 Å². The van der Waals surface area contributed by atoms with Crippen LogP contribution in [0.1, 0.15) is 27.1 Å². The maximum atomic E-state index is 12.8. The maximum Gasteiger partial charge on any atom is 0.267 e. The van der Waals surface area contributed by atoms with E-state index in [1.165, 1.54) is 11.3 Å². The number of ether oxygens (including phenoxy) is 2. The van der Waals surface area contributed by atoms with Crippen molar-refractivity contribution < 1.29 is 18.7 Å². The van der Waals surface area contributed by atoms with E-state index < -0.39 is 0 Å². The van der Waals surface area contributed by atoms with Crippen molar-refractivity contribution in [1.82, 2.24) is 4.90 Å². The Kier molecular flexibility index (Phi) is 3.54. The third-order valence-corrected chi connectivity index (χ3v) is 5.20. The lowest BCUT2D eigenvalue weighted by Gasteiger charge is -2.19. The third kappa shape index (κ3) is 2.49. The van der Waals surface area contributed by atoms with Gasteiger partial charge in [-0.3, -0.25) is 4.79 Å². The van der Waals surface area contributed by atoms with Crippen molar-refractivity contribution in [3.63, 3.8) is 0 Å². The van der Waals surface area contributed by atoms with Gasteiger partial charge in [-0.1, -0.05) is 0 Å². The van der Waals surface area contributed by atoms with Crippen LogP contribution in [0, 0.1) is 6.92 Å². The van der Waals surface area contributed by atoms with Crippen LogP contribution < -0.4 is 15.2 Å². The van der Waals surface area contributed by atoms with Crippen molar-refractivity contribution >= 4 is 17.2 Å². The number of thiophene rings is 1. The van der Waals surface area contributed by atoms with Crippen LogP contribution in [-0.4, -0.2) is 43.2 Å². The average molecular weight is 334 g/mol. The molecule has 6 nitrogen and oxygen atoms in total. The predicted molar refractivity (Wildman–Crippen MR) is 85.4 cm³/mol. The molecule has 23 heavy (non-hydrogen) atoms. The molecule has 2 aromatic rings. The summed E-state index contributed by atoms with van der Waals surface area (Å²) in [6.45, 7) is 3.96. The molecule has 2 aliphatic rings. The Morgan fingerprint density at radius 3 is 2.91 bits per heavy atom. The number of amides is 1. The number of furan rings is 1. The van der Waals surface area contributed by atoms with Gasteiger partial charge < -0.3 is 24.5 Å². The molecule has 2 aromatic heterocycles. The van der Waals surface area contributed by atoms with E-state index in [1.807, 2.05) is 24.4 Å². The summed E-state index contributed by atoms with van der Waals surface area (Å²) < 4.78 is 16.8. The second-order valence-electron chi connectivity index (χ2n) is 5.88. The second kappa shape index (κ2) is 5.58. The van der Waals surface area contributed by atoms with Crippen molar-refractivity contribution in [3.05, 3.63) is 33.9 Å². The Hall–Kier alpha value is -1.99. The van der Waals surface area contributed by atoms with E-state index in [0.29, 0.717) is 42.7 Å². The van der Waals surface area contributed by atoms with E-state index in [-0.39, 0.29) is 17.9 Å². The SMILES string of the molecule is Cc1ccc([C@H]2CN(C(=O)c3scc4c3OCCO4)C[C@@H]2N)o1. The average Bonchev–Trinajstić information content (AvgIpc) is 3.24.